The molecule has 0 aliphatic carbocycles. The van der Waals surface area contributed by atoms with E-state index in [4.69, 9.17) is 0 Å². The van der Waals surface area contributed by atoms with Gasteiger partial charge in [0.25, 0.3) is 0 Å². The van der Waals surface area contributed by atoms with Crippen LogP contribution in [0.1, 0.15) is 11.6 Å². The summed E-state index contributed by atoms with van der Waals surface area (Å²) in [5.41, 5.74) is 5.81. The van der Waals surface area contributed by atoms with E-state index in [0.717, 1.165) is 0 Å². The third-order valence-electron chi connectivity index (χ3n) is 1.71. The van der Waals surface area contributed by atoms with Crippen molar-refractivity contribution in [3.63, 3.8) is 0 Å². The van der Waals surface area contributed by atoms with Crippen molar-refractivity contribution in [2.45, 2.75) is 6.42 Å². The zero-order valence-corrected chi connectivity index (χ0v) is 15.9. The Morgan fingerprint density at radius 1 is 0.808 bits per heavy atom. The number of nitro groups is 2. The third-order valence-corrected chi connectivity index (χ3v) is 1.71. The number of aromatic nitrogens is 6. The smallest absolute Gasteiger partial charge is 0.457 e. The Morgan fingerprint density at radius 2 is 1.12 bits per heavy atom. The van der Waals surface area contributed by atoms with Crippen LogP contribution in [0.4, 0.5) is 11.9 Å². The van der Waals surface area contributed by atoms with E-state index in [-0.39, 0.29) is 82.3 Å². The first-order valence-electron chi connectivity index (χ1n) is 4.57. The minimum atomic E-state index is -0.925. The van der Waals surface area contributed by atoms with E-state index >= 15 is 0 Å². The first-order chi connectivity index (χ1) is 9.02. The van der Waals surface area contributed by atoms with Gasteiger partial charge in [-0.05, 0) is 0 Å². The number of aromatic amines is 2. The van der Waals surface area contributed by atoms with Gasteiger partial charge in [0.15, 0.2) is 0 Å². The number of hydrogen-bond acceptors (Lipinski definition) is 8. The summed E-state index contributed by atoms with van der Waals surface area (Å²) in [4.78, 5) is 27.5. The van der Waals surface area contributed by atoms with Gasteiger partial charge in [0, 0.05) is 6.42 Å². The zero-order chi connectivity index (χ0) is 13.8. The van der Waals surface area contributed by atoms with E-state index in [1.54, 1.807) is 0 Å². The van der Waals surface area contributed by atoms with Crippen LogP contribution in [0.15, 0.2) is 0 Å². The molecule has 0 amide bonds. The van der Waals surface area contributed by atoms with E-state index in [1.807, 2.05) is 0 Å². The average Bonchev–Trinajstić information content (AvgIpc) is 2.88. The largest absolute Gasteiger partial charge is 2.00 e. The second-order valence-electron chi connectivity index (χ2n) is 3.00. The Balaban J connectivity index is -0.000000143. The summed E-state index contributed by atoms with van der Waals surface area (Å²) in [6.45, 7) is 0. The predicted octanol–water partition coefficient (Wildman–Crippen LogP) is -5.43. The van der Waals surface area contributed by atoms with Crippen LogP contribution < -0.4 is 0 Å². The molecule has 0 spiro atoms. The zero-order valence-electron chi connectivity index (χ0n) is 12.9. The van der Waals surface area contributed by atoms with Crippen molar-refractivity contribution in [2.75, 3.05) is 0 Å². The first-order valence-corrected chi connectivity index (χ1v) is 4.57. The summed E-state index contributed by atoms with van der Waals surface area (Å²) < 4.78 is 0. The Bertz CT molecular complexity index is 567. The molecule has 2 aromatic rings. The maximum atomic E-state index is 10.1. The molecule has 0 aliphatic rings. The summed E-state index contributed by atoms with van der Waals surface area (Å²) in [7, 11) is 0. The van der Waals surface area contributed by atoms with Crippen LogP contribution in [0.3, 0.4) is 0 Å². The summed E-state index contributed by atoms with van der Waals surface area (Å²) in [6.07, 6.45) is 0.00741. The van der Waals surface area contributed by atoms with Crippen LogP contribution >= 0.6 is 0 Å². The number of H-pyrrole nitrogens is 2. The van der Waals surface area contributed by atoms with Crippen LogP contribution in [-0.2, 0) is 47.8 Å². The molecule has 0 atom stereocenters. The Labute approximate surface area is 154 Å². The molecule has 0 unspecified atom stereocenters. The van der Waals surface area contributed by atoms with Gasteiger partial charge >= 0.3 is 19.5 Å². The SMILES string of the molecule is O.O.O=[N+]([O-])[N-]c1nc(Cc2n[nH]c([N-][N+](=O)[O-])n2)n[nH]1.[OH3+].[OH3+].[OH3+].[OH3+].[Zn+2]. The summed E-state index contributed by atoms with van der Waals surface area (Å²) >= 11 is 0. The maximum Gasteiger partial charge on any atom is 2.00 e. The number of nitrogens with one attached hydrogen (secondary N) is 2. The fourth-order valence-corrected chi connectivity index (χ4v) is 1.12. The van der Waals surface area contributed by atoms with Crippen molar-refractivity contribution in [3.8, 4) is 0 Å². The van der Waals surface area contributed by atoms with Crippen LogP contribution in [0, 0.1) is 20.2 Å². The average molecular weight is 446 g/mol. The molecular formula is C5H20N10O10Zn+4. The molecule has 21 heteroatoms. The molecule has 0 saturated heterocycles. The molecule has 0 aliphatic heterocycles. The molecule has 26 heavy (non-hydrogen) atoms. The molecule has 0 radical (unpaired) electrons. The van der Waals surface area contributed by atoms with Gasteiger partial charge in [0.1, 0.15) is 22.0 Å². The molecule has 0 aromatic carbocycles. The second-order valence-corrected chi connectivity index (χ2v) is 3.00. The fraction of sp³-hybridized carbons (Fsp3) is 0.200. The molecule has 0 bridgehead atoms. The van der Waals surface area contributed by atoms with Crippen LogP contribution in [0.25, 0.3) is 10.9 Å². The van der Waals surface area contributed by atoms with Crippen molar-refractivity contribution < 1.29 is 62.4 Å². The van der Waals surface area contributed by atoms with Gasteiger partial charge in [-0.25, -0.2) is 30.4 Å². The minimum Gasteiger partial charge on any atom is -0.457 e. The molecule has 2 rings (SSSR count). The summed E-state index contributed by atoms with van der Waals surface area (Å²) in [6, 6.07) is 0. The van der Waals surface area contributed by atoms with Crippen LogP contribution in [-0.4, -0.2) is 51.4 Å². The van der Waals surface area contributed by atoms with Crippen LogP contribution in [0.5, 0.6) is 0 Å². The topological polar surface area (TPSA) is 393 Å². The molecule has 2 heterocycles. The molecular weight excluding hydrogens is 426 g/mol. The van der Waals surface area contributed by atoms with Crippen molar-refractivity contribution in [1.29, 1.82) is 0 Å². The molecule has 0 fully saturated rings. The number of rotatable bonds is 6. The standard InChI is InChI=1S/C5H4N10O4.6H2O.Zn/c16-14(17)12-4-6-2(8-10-4)1-3-7-5(11-9-3)13-15(18)19;;;;;;;/h1H2,(H2-2,6,7,8,9,10,11,12,13);6*1H2;/q-2;;;;;;;+2/p+4. The van der Waals surface area contributed by atoms with Crippen molar-refractivity contribution in [3.05, 3.63) is 42.7 Å². The van der Waals surface area contributed by atoms with Crippen molar-refractivity contribution in [2.24, 2.45) is 0 Å². The van der Waals surface area contributed by atoms with E-state index in [1.165, 1.54) is 0 Å². The van der Waals surface area contributed by atoms with Crippen LogP contribution in [0.2, 0.25) is 0 Å². The number of nitrogens with zero attached hydrogens (tertiary/aromatic N) is 8. The second kappa shape index (κ2) is 16.9. The molecule has 2 aromatic heterocycles. The van der Waals surface area contributed by atoms with Gasteiger partial charge in [0.05, 0.1) is 11.6 Å². The van der Waals surface area contributed by atoms with Gasteiger partial charge < -0.3 is 53.0 Å². The molecule has 0 saturated carbocycles. The van der Waals surface area contributed by atoms with Gasteiger partial charge in [0.2, 0.25) is 0 Å². The summed E-state index contributed by atoms with van der Waals surface area (Å²) in [5.74, 6) is -0.254. The normalized spacial score (nSPS) is 7.38. The quantitative estimate of drug-likeness (QED) is 0.186. The summed E-state index contributed by atoms with van der Waals surface area (Å²) in [5, 5.41) is 30.1. The third kappa shape index (κ3) is 11.6. The molecule has 18 N–H and O–H groups in total. The Kier molecular flexibility index (Phi) is 25.1. The van der Waals surface area contributed by atoms with Crippen molar-refractivity contribution in [1.82, 2.24) is 30.4 Å². The number of hydrogen-bond donors (Lipinski definition) is 2. The monoisotopic (exact) mass is 444 g/mol. The first kappa shape index (κ1) is 38.6. The Hall–Kier alpha value is -2.94. The maximum absolute atomic E-state index is 10.1. The Morgan fingerprint density at radius 3 is 1.38 bits per heavy atom. The van der Waals surface area contributed by atoms with E-state index in [9.17, 15) is 20.2 Å². The van der Waals surface area contributed by atoms with Gasteiger partial charge in [-0.2, -0.15) is 0 Å². The van der Waals surface area contributed by atoms with Gasteiger partial charge in [-0.3, -0.25) is 0 Å². The van der Waals surface area contributed by atoms with E-state index in [0.29, 0.717) is 0 Å². The predicted molar refractivity (Wildman–Crippen MR) is 82.3 cm³/mol. The van der Waals surface area contributed by atoms with Crippen molar-refractivity contribution >= 4 is 11.9 Å². The minimum absolute atomic E-state index is 0. The molecule has 20 nitrogen and oxygen atoms in total. The van der Waals surface area contributed by atoms with Gasteiger partial charge in [-0.15, -0.1) is 0 Å². The molecule has 148 valence electrons. The van der Waals surface area contributed by atoms with E-state index in [2.05, 4.69) is 41.2 Å². The van der Waals surface area contributed by atoms with Gasteiger partial charge in [-0.1, -0.05) is 10.9 Å². The fourth-order valence-electron chi connectivity index (χ4n) is 1.12. The van der Waals surface area contributed by atoms with E-state index < -0.39 is 10.1 Å².